The summed E-state index contributed by atoms with van der Waals surface area (Å²) in [7, 11) is 0. The Hall–Kier alpha value is -0.786. The van der Waals surface area contributed by atoms with Gasteiger partial charge < -0.3 is 0 Å². The van der Waals surface area contributed by atoms with Gasteiger partial charge in [0.1, 0.15) is 0 Å². The van der Waals surface area contributed by atoms with Gasteiger partial charge in [-0.3, -0.25) is 4.79 Å². The van der Waals surface area contributed by atoms with Crippen molar-refractivity contribution in [3.63, 3.8) is 0 Å². The second-order valence-corrected chi connectivity index (χ2v) is 3.87. The van der Waals surface area contributed by atoms with Gasteiger partial charge in [-0.25, -0.2) is 0 Å². The Morgan fingerprint density at radius 2 is 1.65 bits per heavy atom. The molecular formula is C15H13OY+2. The third-order valence-corrected chi connectivity index (χ3v) is 2.53. The van der Waals surface area contributed by atoms with Crippen molar-refractivity contribution in [2.45, 2.75) is 13.3 Å². The normalized spacial score (nSPS) is 9.47. The molecule has 0 bridgehead atoms. The minimum absolute atomic E-state index is 0. The minimum atomic E-state index is 0. The van der Waals surface area contributed by atoms with Crippen LogP contribution in [0.25, 0.3) is 0 Å². The van der Waals surface area contributed by atoms with Gasteiger partial charge in [-0.05, 0) is 6.92 Å². The van der Waals surface area contributed by atoms with Gasteiger partial charge in [0.05, 0.1) is 0 Å². The molecule has 0 amide bonds. The van der Waals surface area contributed by atoms with Crippen LogP contribution in [0, 0.1) is 13.0 Å². The molecule has 2 rings (SSSR count). The molecule has 2 heteroatoms. The Kier molecular flexibility index (Phi) is 5.74. The molecule has 0 atom stereocenters. The van der Waals surface area contributed by atoms with Crippen LogP contribution in [0.3, 0.4) is 0 Å². The van der Waals surface area contributed by atoms with E-state index in [1.807, 2.05) is 55.5 Å². The summed E-state index contributed by atoms with van der Waals surface area (Å²) in [6.07, 6.45) is 0.456. The van der Waals surface area contributed by atoms with E-state index in [9.17, 15) is 4.79 Å². The standard InChI is InChI=1S/C15H13O.Y/c1-12-7-9-14(10-8-12)15(16)11-13-5-3-2-4-6-13;/h3-10H,11H2,1H3;/q-1;+3. The smallest absolute Gasteiger partial charge is 0.294 e. The molecule has 0 saturated heterocycles. The molecule has 1 nitrogen and oxygen atoms in total. The van der Waals surface area contributed by atoms with Crippen LogP contribution in [0.4, 0.5) is 0 Å². The molecule has 0 aliphatic carbocycles. The Morgan fingerprint density at radius 1 is 1.06 bits per heavy atom. The maximum absolute atomic E-state index is 11.9. The number of hydrogen-bond donors (Lipinski definition) is 0. The number of ketones is 1. The first-order valence-electron chi connectivity index (χ1n) is 5.30. The van der Waals surface area contributed by atoms with Crippen LogP contribution >= 0.6 is 0 Å². The van der Waals surface area contributed by atoms with Crippen LogP contribution in [-0.4, -0.2) is 5.78 Å². The summed E-state index contributed by atoms with van der Waals surface area (Å²) < 4.78 is 0. The molecule has 0 aliphatic heterocycles. The summed E-state index contributed by atoms with van der Waals surface area (Å²) in [5.74, 6) is 0.159. The molecular weight excluding hydrogens is 285 g/mol. The van der Waals surface area contributed by atoms with Crippen LogP contribution in [-0.2, 0) is 39.1 Å². The monoisotopic (exact) mass is 298 g/mol. The van der Waals surface area contributed by atoms with Crippen molar-refractivity contribution in [1.82, 2.24) is 0 Å². The number of aryl methyl sites for hydroxylation is 1. The van der Waals surface area contributed by atoms with Gasteiger partial charge in [-0.15, -0.1) is 0 Å². The van der Waals surface area contributed by atoms with E-state index in [1.54, 1.807) is 0 Å². The fourth-order valence-electron chi connectivity index (χ4n) is 1.57. The maximum atomic E-state index is 11.9. The Morgan fingerprint density at radius 3 is 2.24 bits per heavy atom. The van der Waals surface area contributed by atoms with Crippen LogP contribution < -0.4 is 0 Å². The Labute approximate surface area is 127 Å². The largest absolute Gasteiger partial charge is 3.00 e. The number of hydrogen-bond acceptors (Lipinski definition) is 1. The summed E-state index contributed by atoms with van der Waals surface area (Å²) in [6, 6.07) is 18.1. The van der Waals surface area contributed by atoms with Crippen LogP contribution in [0.15, 0.2) is 48.5 Å². The summed E-state index contributed by atoms with van der Waals surface area (Å²) >= 11 is 0. The van der Waals surface area contributed by atoms with E-state index in [1.165, 1.54) is 5.56 Å². The van der Waals surface area contributed by atoms with Crippen molar-refractivity contribution in [3.05, 3.63) is 71.3 Å². The molecule has 0 saturated carbocycles. The van der Waals surface area contributed by atoms with E-state index in [0.29, 0.717) is 6.42 Å². The summed E-state index contributed by atoms with van der Waals surface area (Å²) in [5.41, 5.74) is 2.98. The molecule has 0 aliphatic rings. The van der Waals surface area contributed by atoms with E-state index in [4.69, 9.17) is 0 Å². The Balaban J connectivity index is 0.00000144. The fourth-order valence-corrected chi connectivity index (χ4v) is 1.57. The van der Waals surface area contributed by atoms with Gasteiger partial charge in [0, 0.05) is 12.0 Å². The summed E-state index contributed by atoms with van der Waals surface area (Å²) in [5, 5.41) is 0. The van der Waals surface area contributed by atoms with Crippen LogP contribution in [0.2, 0.25) is 0 Å². The van der Waals surface area contributed by atoms with E-state index >= 15 is 0 Å². The van der Waals surface area contributed by atoms with Crippen molar-refractivity contribution < 1.29 is 37.5 Å². The first-order valence-corrected chi connectivity index (χ1v) is 5.30. The second kappa shape index (κ2) is 6.83. The quantitative estimate of drug-likeness (QED) is 0.628. The summed E-state index contributed by atoms with van der Waals surface area (Å²) in [6.45, 7) is 2.02. The molecule has 2 aromatic rings. The van der Waals surface area contributed by atoms with E-state index in [0.717, 1.165) is 11.1 Å². The first kappa shape index (κ1) is 14.3. The third-order valence-electron chi connectivity index (χ3n) is 2.53. The van der Waals surface area contributed by atoms with Gasteiger partial charge >= 0.3 is 32.7 Å². The third kappa shape index (κ3) is 4.18. The van der Waals surface area contributed by atoms with Crippen molar-refractivity contribution in [1.29, 1.82) is 0 Å². The van der Waals surface area contributed by atoms with E-state index in [2.05, 4.69) is 6.07 Å². The molecule has 17 heavy (non-hydrogen) atoms. The predicted molar refractivity (Wildman–Crippen MR) is 64.5 cm³/mol. The second-order valence-electron chi connectivity index (χ2n) is 3.87. The SMILES string of the molecule is Cc1ccc(C(=O)Cc2cc[c-]cc2)cc1.[Y+3]. The van der Waals surface area contributed by atoms with Crippen LogP contribution in [0.1, 0.15) is 21.5 Å². The number of carbonyl (C=O) groups is 1. The van der Waals surface area contributed by atoms with Gasteiger partial charge in [0.2, 0.25) is 0 Å². The fraction of sp³-hybridized carbons (Fsp3) is 0.133. The topological polar surface area (TPSA) is 17.1 Å². The van der Waals surface area contributed by atoms with E-state index in [-0.39, 0.29) is 38.5 Å². The zero-order valence-electron chi connectivity index (χ0n) is 9.81. The predicted octanol–water partition coefficient (Wildman–Crippen LogP) is 3.22. The van der Waals surface area contributed by atoms with Crippen molar-refractivity contribution >= 4 is 5.78 Å². The van der Waals surface area contributed by atoms with Crippen molar-refractivity contribution in [2.75, 3.05) is 0 Å². The van der Waals surface area contributed by atoms with Gasteiger partial charge in [0.25, 0.3) is 0 Å². The number of rotatable bonds is 3. The molecule has 0 aromatic heterocycles. The number of carbonyl (C=O) groups excluding carboxylic acids is 1. The average molecular weight is 298 g/mol. The molecule has 0 heterocycles. The summed E-state index contributed by atoms with van der Waals surface area (Å²) in [4.78, 5) is 11.9. The number of Topliss-reactive ketones (excluding diaryl/α,β-unsaturated/α-hetero) is 1. The van der Waals surface area contributed by atoms with Gasteiger partial charge in [0.15, 0.2) is 5.78 Å². The average Bonchev–Trinajstić information content (AvgIpc) is 2.31. The van der Waals surface area contributed by atoms with Crippen molar-refractivity contribution in [2.24, 2.45) is 0 Å². The minimum Gasteiger partial charge on any atom is -0.294 e. The van der Waals surface area contributed by atoms with Gasteiger partial charge in [-0.2, -0.15) is 35.9 Å². The zero-order valence-corrected chi connectivity index (χ0v) is 12.6. The zero-order chi connectivity index (χ0) is 11.4. The molecule has 0 unspecified atom stereocenters. The Bertz CT molecular complexity index is 474. The maximum Gasteiger partial charge on any atom is 3.00 e. The molecule has 0 radical (unpaired) electrons. The molecule has 80 valence electrons. The van der Waals surface area contributed by atoms with Crippen molar-refractivity contribution in [3.8, 4) is 0 Å². The molecule has 2 aromatic carbocycles. The van der Waals surface area contributed by atoms with Crippen LogP contribution in [0.5, 0.6) is 0 Å². The molecule has 0 N–H and O–H groups in total. The molecule has 0 fully saturated rings. The number of benzene rings is 2. The van der Waals surface area contributed by atoms with Gasteiger partial charge in [-0.1, -0.05) is 29.8 Å². The van der Waals surface area contributed by atoms with E-state index < -0.39 is 0 Å². The first-order chi connectivity index (χ1) is 7.75. The molecule has 0 spiro atoms.